The fourth-order valence-corrected chi connectivity index (χ4v) is 8.02. The predicted molar refractivity (Wildman–Crippen MR) is 211 cm³/mol. The molecule has 0 saturated heterocycles. The van der Waals surface area contributed by atoms with E-state index in [1.54, 1.807) is 41.0 Å². The van der Waals surface area contributed by atoms with Gasteiger partial charge >= 0.3 is 0 Å². The SMILES string of the molecule is [2H]C([2H])(Oc1cc2c(cc1C)C(=O)N1c3ccccc3C[C@H]1[CH-]N2C)c1cc(N)cc(C([2H])([2H])Oc2cc3c(cc2OC)C(=O)N2c4ccccc4C[C@H]2[CH-]N3C)c1.[Y].[Y]. The van der Waals surface area contributed by atoms with E-state index in [-0.39, 0.29) is 123 Å². The van der Waals surface area contributed by atoms with Crippen molar-refractivity contribution >= 4 is 40.3 Å². The Bertz CT molecular complexity index is 2540. The van der Waals surface area contributed by atoms with Crippen LogP contribution in [-0.4, -0.2) is 45.1 Å². The molecule has 4 aliphatic heterocycles. The molecular formula is C44H41N5O5Y2-2. The van der Waals surface area contributed by atoms with Crippen LogP contribution >= 0.6 is 0 Å². The molecule has 12 heteroatoms. The number of carbonyl (C=O) groups excluding carboxylic acids is 2. The van der Waals surface area contributed by atoms with E-state index in [9.17, 15) is 9.59 Å². The maximum absolute atomic E-state index is 14.1. The van der Waals surface area contributed by atoms with Gasteiger partial charge in [0.15, 0.2) is 11.5 Å². The fourth-order valence-electron chi connectivity index (χ4n) is 8.02. The zero-order chi connectivity index (χ0) is 40.8. The first-order valence-electron chi connectivity index (χ1n) is 19.8. The van der Waals surface area contributed by atoms with Crippen molar-refractivity contribution in [3.63, 3.8) is 0 Å². The number of aryl methyl sites for hydroxylation is 1. The minimum atomic E-state index is -2.55. The van der Waals surface area contributed by atoms with Gasteiger partial charge in [0.05, 0.1) is 23.7 Å². The van der Waals surface area contributed by atoms with Crippen molar-refractivity contribution < 1.29 is 94.7 Å². The molecule has 280 valence electrons. The van der Waals surface area contributed by atoms with E-state index >= 15 is 0 Å². The molecule has 4 aliphatic rings. The van der Waals surface area contributed by atoms with Crippen LogP contribution in [0.15, 0.2) is 91.0 Å². The molecule has 0 fully saturated rings. The summed E-state index contributed by atoms with van der Waals surface area (Å²) in [5, 5.41) is 0. The van der Waals surface area contributed by atoms with Gasteiger partial charge in [-0.3, -0.25) is 9.59 Å². The average Bonchev–Trinajstić information content (AvgIpc) is 3.69. The molecular weight excluding hydrogens is 856 g/mol. The van der Waals surface area contributed by atoms with Gasteiger partial charge < -0.3 is 39.5 Å². The van der Waals surface area contributed by atoms with Crippen LogP contribution in [0.2, 0.25) is 0 Å². The number of para-hydroxylation sites is 2. The summed E-state index contributed by atoms with van der Waals surface area (Å²) in [6.45, 7) is 0.645. The van der Waals surface area contributed by atoms with Crippen LogP contribution in [0, 0.1) is 20.0 Å². The van der Waals surface area contributed by atoms with E-state index in [2.05, 4.69) is 0 Å². The monoisotopic (exact) mass is 901 g/mol. The molecule has 0 aliphatic carbocycles. The maximum atomic E-state index is 14.1. The molecule has 0 aromatic heterocycles. The average molecular weight is 902 g/mol. The van der Waals surface area contributed by atoms with Gasteiger partial charge in [-0.05, 0) is 104 Å². The minimum absolute atomic E-state index is 0. The molecule has 0 saturated carbocycles. The number of amides is 2. The van der Waals surface area contributed by atoms with Gasteiger partial charge in [-0.1, -0.05) is 48.5 Å². The molecule has 2 atom stereocenters. The van der Waals surface area contributed by atoms with Crippen LogP contribution in [0.4, 0.5) is 28.4 Å². The molecule has 4 heterocycles. The van der Waals surface area contributed by atoms with Crippen molar-refractivity contribution in [2.75, 3.05) is 46.5 Å². The van der Waals surface area contributed by atoms with E-state index in [0.29, 0.717) is 40.9 Å². The van der Waals surface area contributed by atoms with Crippen LogP contribution in [0.5, 0.6) is 17.2 Å². The molecule has 2 amide bonds. The number of methoxy groups -OCH3 is 1. The Morgan fingerprint density at radius 1 is 0.679 bits per heavy atom. The second-order valence-electron chi connectivity index (χ2n) is 14.1. The Balaban J connectivity index is 0.00000272. The Labute approximate surface area is 383 Å². The fraction of sp³-hybridized carbons (Fsp3) is 0.227. The summed E-state index contributed by atoms with van der Waals surface area (Å²) in [6.07, 6.45) is 1.34. The van der Waals surface area contributed by atoms with E-state index in [4.69, 9.17) is 25.4 Å². The smallest absolute Gasteiger partial charge is 0.258 e. The number of rotatable bonds is 7. The molecule has 5 aromatic carbocycles. The van der Waals surface area contributed by atoms with E-state index in [0.717, 1.165) is 22.5 Å². The largest absolute Gasteiger partial charge is 0.522 e. The number of likely N-dealkylation sites (N-methyl/N-ethyl adjacent to an activating group) is 2. The Kier molecular flexibility index (Phi) is 10.1. The molecule has 0 bridgehead atoms. The summed E-state index contributed by atoms with van der Waals surface area (Å²) in [6, 6.07) is 25.9. The van der Waals surface area contributed by atoms with Crippen LogP contribution in [0.3, 0.4) is 0 Å². The van der Waals surface area contributed by atoms with Crippen molar-refractivity contribution in [2.45, 2.75) is 45.0 Å². The third kappa shape index (κ3) is 7.12. The normalized spacial score (nSPS) is 19.1. The molecule has 56 heavy (non-hydrogen) atoms. The predicted octanol–water partition coefficient (Wildman–Crippen LogP) is 7.11. The van der Waals surface area contributed by atoms with E-state index < -0.39 is 13.1 Å². The molecule has 2 N–H and O–H groups in total. The number of ether oxygens (including phenoxy) is 3. The van der Waals surface area contributed by atoms with Gasteiger partial charge in [-0.2, -0.15) is 0 Å². The first kappa shape index (κ1) is 35.2. The summed E-state index contributed by atoms with van der Waals surface area (Å²) in [5.74, 6) is 0.0107. The van der Waals surface area contributed by atoms with Crippen molar-refractivity contribution in [3.05, 3.63) is 143 Å². The number of hydrogen-bond acceptors (Lipinski definition) is 8. The molecule has 0 unspecified atom stereocenters. The van der Waals surface area contributed by atoms with Crippen molar-refractivity contribution in [1.82, 2.24) is 0 Å². The number of fused-ring (bicyclic) bond motifs is 8. The van der Waals surface area contributed by atoms with Gasteiger partial charge in [0.25, 0.3) is 11.8 Å². The van der Waals surface area contributed by atoms with Gasteiger partial charge in [0, 0.05) is 106 Å². The third-order valence-corrected chi connectivity index (χ3v) is 10.6. The van der Waals surface area contributed by atoms with Crippen LogP contribution < -0.4 is 39.5 Å². The Morgan fingerprint density at radius 2 is 1.16 bits per heavy atom. The van der Waals surface area contributed by atoms with Crippen molar-refractivity contribution in [2.24, 2.45) is 0 Å². The topological polar surface area (TPSA) is 101 Å². The molecule has 0 spiro atoms. The van der Waals surface area contributed by atoms with Crippen LogP contribution in [0.25, 0.3) is 0 Å². The van der Waals surface area contributed by atoms with Crippen molar-refractivity contribution in [3.8, 4) is 17.2 Å². The van der Waals surface area contributed by atoms with Gasteiger partial charge in [0.1, 0.15) is 18.9 Å². The number of nitrogens with two attached hydrogens (primary N) is 1. The summed E-state index contributed by atoms with van der Waals surface area (Å²) in [7, 11) is 5.10. The zero-order valence-corrected chi connectivity index (χ0v) is 37.1. The zero-order valence-electron chi connectivity index (χ0n) is 35.4. The van der Waals surface area contributed by atoms with Crippen LogP contribution in [0.1, 0.15) is 54.0 Å². The number of hydrogen-bond donors (Lipinski definition) is 1. The second kappa shape index (κ2) is 16.1. The number of nitrogen functional groups attached to an aromatic ring is 1. The molecule has 2 radical (unpaired) electrons. The number of carbonyl (C=O) groups is 2. The first-order chi connectivity index (χ1) is 27.6. The minimum Gasteiger partial charge on any atom is -0.522 e. The standard InChI is InChI=1S/C44H41N5O5.2Y/c1-26-13-34-38(46(2)22-32-17-29-9-5-7-11-36(29)48(32)43(34)50)20-40(26)53-24-27-14-28(16-31(45)15-27)25-54-42-21-39-35(19-41(42)52-4)44(51)49-33(23-47(39)3)18-30-10-6-8-12-37(30)49;;/h5-16,19-23,32-33H,17-18,24-25,45H2,1-4H3;;/q-2;;/t32-,33-;;/m0../s1/i24D2,25D2;;. The summed E-state index contributed by atoms with van der Waals surface area (Å²) >= 11 is 0. The summed E-state index contributed by atoms with van der Waals surface area (Å²) in [5.41, 5.74) is 12.6. The second-order valence-corrected chi connectivity index (χ2v) is 14.1. The maximum Gasteiger partial charge on any atom is 0.258 e. The number of nitrogens with zero attached hydrogens (tertiary/aromatic N) is 4. The quantitative estimate of drug-likeness (QED) is 0.137. The van der Waals surface area contributed by atoms with Crippen LogP contribution in [-0.2, 0) is 91.4 Å². The number of anilines is 5. The van der Waals surface area contributed by atoms with Gasteiger partial charge in [-0.15, -0.1) is 0 Å². The first-order valence-corrected chi connectivity index (χ1v) is 17.8. The summed E-state index contributed by atoms with van der Waals surface area (Å²) in [4.78, 5) is 35.4. The summed E-state index contributed by atoms with van der Waals surface area (Å²) < 4.78 is 54.1. The molecule has 10 nitrogen and oxygen atoms in total. The number of benzene rings is 5. The Hall–Kier alpha value is -3.95. The van der Waals surface area contributed by atoms with Gasteiger partial charge in [-0.25, -0.2) is 13.1 Å². The van der Waals surface area contributed by atoms with E-state index in [1.165, 1.54) is 25.3 Å². The van der Waals surface area contributed by atoms with Gasteiger partial charge in [0.2, 0.25) is 0 Å². The third-order valence-electron chi connectivity index (χ3n) is 10.6. The van der Waals surface area contributed by atoms with E-state index in [1.807, 2.05) is 85.5 Å². The molecule has 9 rings (SSSR count). The Morgan fingerprint density at radius 3 is 1.70 bits per heavy atom. The van der Waals surface area contributed by atoms with Crippen molar-refractivity contribution in [1.29, 1.82) is 0 Å². The molecule has 5 aromatic rings.